The molecule has 0 saturated heterocycles. The van der Waals surface area contributed by atoms with Crippen molar-refractivity contribution in [3.8, 4) is 0 Å². The molecule has 4 aromatic rings. The van der Waals surface area contributed by atoms with E-state index in [1.807, 2.05) is 54.1 Å². The Hall–Kier alpha value is -4.12. The van der Waals surface area contributed by atoms with Crippen molar-refractivity contribution in [3.63, 3.8) is 0 Å². The smallest absolute Gasteiger partial charge is 0.261 e. The van der Waals surface area contributed by atoms with Gasteiger partial charge in [0.2, 0.25) is 0 Å². The summed E-state index contributed by atoms with van der Waals surface area (Å²) < 4.78 is 1.88. The molecule has 5 nitrogen and oxygen atoms in total. The van der Waals surface area contributed by atoms with Crippen LogP contribution < -0.4 is 10.6 Å². The monoisotopic (exact) mass is 434 g/mol. The van der Waals surface area contributed by atoms with Gasteiger partial charge in [0, 0.05) is 11.4 Å². The van der Waals surface area contributed by atoms with Crippen molar-refractivity contribution < 1.29 is 4.79 Å². The summed E-state index contributed by atoms with van der Waals surface area (Å²) in [6.45, 7) is 4.17. The van der Waals surface area contributed by atoms with E-state index < -0.39 is 0 Å². The van der Waals surface area contributed by atoms with Crippen LogP contribution in [0.25, 0.3) is 5.70 Å². The van der Waals surface area contributed by atoms with Crippen LogP contribution in [0.2, 0.25) is 0 Å². The summed E-state index contributed by atoms with van der Waals surface area (Å²) in [7, 11) is 0. The molecule has 2 N–H and O–H groups in total. The summed E-state index contributed by atoms with van der Waals surface area (Å²) in [5.74, 6) is 0.493. The van der Waals surface area contributed by atoms with Crippen molar-refractivity contribution in [3.05, 3.63) is 119 Å². The molecule has 0 bridgehead atoms. The number of aromatic nitrogens is 2. The Morgan fingerprint density at radius 3 is 2.42 bits per heavy atom. The maximum Gasteiger partial charge on any atom is 0.261 e. The van der Waals surface area contributed by atoms with Crippen LogP contribution in [0.15, 0.2) is 91.1 Å². The molecule has 33 heavy (non-hydrogen) atoms. The second kappa shape index (κ2) is 8.79. The molecular formula is C28H26N4O. The molecule has 5 rings (SSSR count). The number of hydrogen-bond acceptors (Lipinski definition) is 3. The van der Waals surface area contributed by atoms with E-state index in [4.69, 9.17) is 0 Å². The van der Waals surface area contributed by atoms with E-state index in [1.54, 1.807) is 6.20 Å². The van der Waals surface area contributed by atoms with Crippen LogP contribution in [-0.2, 0) is 6.42 Å². The Labute approximate surface area is 193 Å². The fourth-order valence-electron chi connectivity index (χ4n) is 4.07. The Morgan fingerprint density at radius 2 is 1.73 bits per heavy atom. The molecule has 0 aliphatic carbocycles. The highest BCUT2D eigenvalue weighted by Gasteiger charge is 2.27. The van der Waals surface area contributed by atoms with Gasteiger partial charge in [-0.25, -0.2) is 4.68 Å². The Balaban J connectivity index is 1.53. The standard InChI is InChI=1S/C28H26N4O/c1-3-20-11-13-21(14-12-20)25-17-26(22-7-5-4-6-8-22)32-27(31-25)24(18-29-32)28(33)30-23-15-9-19(2)10-16-23/h4-18,26,31H,3H2,1-2H3,(H,30,33)/t26-/m1/s1. The summed E-state index contributed by atoms with van der Waals surface area (Å²) in [6, 6.07) is 26.4. The van der Waals surface area contributed by atoms with Crippen LogP contribution in [0, 0.1) is 6.92 Å². The van der Waals surface area contributed by atoms with Gasteiger partial charge < -0.3 is 10.6 Å². The minimum atomic E-state index is -0.193. The van der Waals surface area contributed by atoms with Crippen molar-refractivity contribution >= 4 is 23.1 Å². The fraction of sp³-hybridized carbons (Fsp3) is 0.143. The molecule has 164 valence electrons. The molecule has 1 aliphatic rings. The van der Waals surface area contributed by atoms with E-state index in [0.29, 0.717) is 11.4 Å². The van der Waals surface area contributed by atoms with Crippen LogP contribution in [-0.4, -0.2) is 15.7 Å². The third-order valence-electron chi connectivity index (χ3n) is 6.00. The van der Waals surface area contributed by atoms with Gasteiger partial charge in [-0.05, 0) is 48.2 Å². The van der Waals surface area contributed by atoms with Gasteiger partial charge in [-0.1, -0.05) is 79.2 Å². The van der Waals surface area contributed by atoms with Gasteiger partial charge in [-0.15, -0.1) is 0 Å². The zero-order valence-corrected chi connectivity index (χ0v) is 18.7. The minimum Gasteiger partial charge on any atom is -0.339 e. The quantitative estimate of drug-likeness (QED) is 0.401. The normalized spacial score (nSPS) is 14.7. The maximum absolute atomic E-state index is 13.2. The van der Waals surface area contributed by atoms with Crippen LogP contribution >= 0.6 is 0 Å². The molecule has 1 aromatic heterocycles. The Bertz CT molecular complexity index is 1300. The molecule has 0 spiro atoms. The molecule has 0 saturated carbocycles. The molecule has 1 atom stereocenters. The lowest BCUT2D eigenvalue weighted by Crippen LogP contribution is -2.22. The van der Waals surface area contributed by atoms with Gasteiger partial charge in [0.15, 0.2) is 0 Å². The van der Waals surface area contributed by atoms with Crippen molar-refractivity contribution in [2.24, 2.45) is 0 Å². The Kier molecular flexibility index (Phi) is 5.53. The first kappa shape index (κ1) is 20.8. The third kappa shape index (κ3) is 4.17. The van der Waals surface area contributed by atoms with Crippen LogP contribution in [0.4, 0.5) is 11.5 Å². The van der Waals surface area contributed by atoms with Gasteiger partial charge in [0.25, 0.3) is 5.91 Å². The number of nitrogens with one attached hydrogen (secondary N) is 2. The SMILES string of the molecule is CCc1ccc(C2=C[C@H](c3ccccc3)n3ncc(C(=O)Nc4ccc(C)cc4)c3N2)cc1. The number of allylic oxidation sites excluding steroid dienone is 1. The second-order valence-corrected chi connectivity index (χ2v) is 8.28. The molecule has 2 heterocycles. The fourth-order valence-corrected chi connectivity index (χ4v) is 4.07. The van der Waals surface area contributed by atoms with Gasteiger partial charge in [-0.2, -0.15) is 5.10 Å². The lowest BCUT2D eigenvalue weighted by Gasteiger charge is -2.26. The van der Waals surface area contributed by atoms with Crippen LogP contribution in [0.5, 0.6) is 0 Å². The summed E-state index contributed by atoms with van der Waals surface area (Å²) in [5.41, 5.74) is 6.84. The lowest BCUT2D eigenvalue weighted by atomic mass is 10.00. The first-order valence-corrected chi connectivity index (χ1v) is 11.2. The molecule has 0 radical (unpaired) electrons. The van der Waals surface area contributed by atoms with Crippen molar-refractivity contribution in [2.75, 3.05) is 10.6 Å². The van der Waals surface area contributed by atoms with Crippen LogP contribution in [0.3, 0.4) is 0 Å². The molecule has 5 heteroatoms. The van der Waals surface area contributed by atoms with Gasteiger partial charge in [-0.3, -0.25) is 4.79 Å². The highest BCUT2D eigenvalue weighted by atomic mass is 16.1. The first-order valence-electron chi connectivity index (χ1n) is 11.2. The van der Waals surface area contributed by atoms with Gasteiger partial charge >= 0.3 is 0 Å². The Morgan fingerprint density at radius 1 is 1.00 bits per heavy atom. The number of hydrogen-bond donors (Lipinski definition) is 2. The van der Waals surface area contributed by atoms with Crippen molar-refractivity contribution in [1.82, 2.24) is 9.78 Å². The van der Waals surface area contributed by atoms with E-state index in [1.165, 1.54) is 5.56 Å². The molecular weight excluding hydrogens is 408 g/mol. The summed E-state index contributed by atoms with van der Waals surface area (Å²) in [4.78, 5) is 13.2. The van der Waals surface area contributed by atoms with E-state index in [9.17, 15) is 4.79 Å². The lowest BCUT2D eigenvalue weighted by molar-refractivity contribution is 0.102. The number of rotatable bonds is 5. The van der Waals surface area contributed by atoms with Crippen LogP contribution in [0.1, 0.15) is 45.6 Å². The van der Waals surface area contributed by atoms with E-state index in [2.05, 4.69) is 65.1 Å². The number of aryl methyl sites for hydroxylation is 2. The van der Waals surface area contributed by atoms with Gasteiger partial charge in [0.05, 0.1) is 12.2 Å². The largest absolute Gasteiger partial charge is 0.339 e. The number of nitrogens with zero attached hydrogens (tertiary/aromatic N) is 2. The molecule has 3 aromatic carbocycles. The predicted octanol–water partition coefficient (Wildman–Crippen LogP) is 6.06. The summed E-state index contributed by atoms with van der Waals surface area (Å²) in [5, 5.41) is 11.1. The van der Waals surface area contributed by atoms with Gasteiger partial charge in [0.1, 0.15) is 11.4 Å². The average Bonchev–Trinajstić information content (AvgIpc) is 3.30. The van der Waals surface area contributed by atoms with E-state index in [-0.39, 0.29) is 11.9 Å². The highest BCUT2D eigenvalue weighted by molar-refractivity contribution is 6.08. The minimum absolute atomic E-state index is 0.121. The number of benzene rings is 3. The zero-order valence-electron chi connectivity index (χ0n) is 18.7. The second-order valence-electron chi connectivity index (χ2n) is 8.28. The van der Waals surface area contributed by atoms with E-state index >= 15 is 0 Å². The third-order valence-corrected chi connectivity index (χ3v) is 6.00. The maximum atomic E-state index is 13.2. The topological polar surface area (TPSA) is 59.0 Å². The zero-order chi connectivity index (χ0) is 22.8. The van der Waals surface area contributed by atoms with Crippen molar-refractivity contribution in [1.29, 1.82) is 0 Å². The molecule has 0 unspecified atom stereocenters. The molecule has 1 aliphatic heterocycles. The number of amides is 1. The summed E-state index contributed by atoms with van der Waals surface area (Å²) in [6.07, 6.45) is 4.80. The van der Waals surface area contributed by atoms with E-state index in [0.717, 1.165) is 34.5 Å². The number of carbonyl (C=O) groups is 1. The van der Waals surface area contributed by atoms with Crippen molar-refractivity contribution in [2.45, 2.75) is 26.3 Å². The predicted molar refractivity (Wildman–Crippen MR) is 133 cm³/mol. The number of anilines is 2. The molecule has 1 amide bonds. The number of fused-ring (bicyclic) bond motifs is 1. The first-order chi connectivity index (χ1) is 16.1. The average molecular weight is 435 g/mol. The molecule has 0 fully saturated rings. The summed E-state index contributed by atoms with van der Waals surface area (Å²) >= 11 is 0. The number of carbonyl (C=O) groups excluding carboxylic acids is 1. The highest BCUT2D eigenvalue weighted by Crippen LogP contribution is 2.35.